The van der Waals surface area contributed by atoms with Gasteiger partial charge in [0, 0.05) is 6.61 Å². The van der Waals surface area contributed by atoms with Crippen LogP contribution in [-0.4, -0.2) is 11.7 Å². The van der Waals surface area contributed by atoms with Crippen molar-refractivity contribution in [3.63, 3.8) is 0 Å². The summed E-state index contributed by atoms with van der Waals surface area (Å²) in [6, 6.07) is 0. The van der Waals surface area contributed by atoms with Gasteiger partial charge in [-0.3, -0.25) is 0 Å². The van der Waals surface area contributed by atoms with E-state index >= 15 is 0 Å². The fourth-order valence-corrected chi connectivity index (χ4v) is 1.78. The number of aliphatic hydroxyl groups is 1. The number of hydrogen-bond donors (Lipinski definition) is 1. The summed E-state index contributed by atoms with van der Waals surface area (Å²) in [5, 5.41) is 8.59. The zero-order chi connectivity index (χ0) is 13.2. The SMILES string of the molecule is CCC.CCCCCCCCCCCCCO. The number of aliphatic hydroxyl groups excluding tert-OH is 1. The molecule has 0 amide bonds. The minimum atomic E-state index is 0.372. The van der Waals surface area contributed by atoms with E-state index in [2.05, 4.69) is 20.8 Å². The van der Waals surface area contributed by atoms with Crippen molar-refractivity contribution in [2.45, 2.75) is 97.8 Å². The standard InChI is InChI=1S/C13H28O.C3H8/c1-2-3-4-5-6-7-8-9-10-11-12-13-14;1-3-2/h14H,2-13H2,1H3;3H2,1-2H3. The molecule has 0 unspecified atom stereocenters. The molecular formula is C16H36O. The van der Waals surface area contributed by atoms with Crippen LogP contribution < -0.4 is 0 Å². The minimum absolute atomic E-state index is 0.372. The molecule has 0 aliphatic rings. The molecule has 0 aromatic carbocycles. The zero-order valence-electron chi connectivity index (χ0n) is 12.6. The van der Waals surface area contributed by atoms with Crippen LogP contribution in [0.3, 0.4) is 0 Å². The highest BCUT2D eigenvalue weighted by Crippen LogP contribution is 2.10. The first-order valence-corrected chi connectivity index (χ1v) is 7.94. The van der Waals surface area contributed by atoms with Crippen LogP contribution in [0, 0.1) is 0 Å². The van der Waals surface area contributed by atoms with E-state index in [4.69, 9.17) is 5.11 Å². The summed E-state index contributed by atoms with van der Waals surface area (Å²) in [6.07, 6.45) is 16.0. The van der Waals surface area contributed by atoms with Gasteiger partial charge in [-0.15, -0.1) is 0 Å². The van der Waals surface area contributed by atoms with Gasteiger partial charge in [-0.05, 0) is 6.42 Å². The monoisotopic (exact) mass is 244 g/mol. The van der Waals surface area contributed by atoms with Crippen molar-refractivity contribution < 1.29 is 5.11 Å². The van der Waals surface area contributed by atoms with E-state index in [1.807, 2.05) is 0 Å². The summed E-state index contributed by atoms with van der Waals surface area (Å²) >= 11 is 0. The smallest absolute Gasteiger partial charge is 0.0431 e. The topological polar surface area (TPSA) is 20.2 Å². The predicted octanol–water partition coefficient (Wildman–Crippen LogP) is 5.71. The summed E-state index contributed by atoms with van der Waals surface area (Å²) < 4.78 is 0. The molecule has 0 radical (unpaired) electrons. The Labute approximate surface area is 110 Å². The Kier molecular flexibility index (Phi) is 24.1. The van der Waals surface area contributed by atoms with E-state index < -0.39 is 0 Å². The van der Waals surface area contributed by atoms with Gasteiger partial charge >= 0.3 is 0 Å². The molecular weight excluding hydrogens is 208 g/mol. The summed E-state index contributed by atoms with van der Waals surface area (Å²) in [6.45, 7) is 6.89. The van der Waals surface area contributed by atoms with Crippen molar-refractivity contribution >= 4 is 0 Å². The molecule has 1 N–H and O–H groups in total. The van der Waals surface area contributed by atoms with Crippen molar-refractivity contribution in [1.82, 2.24) is 0 Å². The van der Waals surface area contributed by atoms with Gasteiger partial charge in [0.1, 0.15) is 0 Å². The maximum atomic E-state index is 8.59. The summed E-state index contributed by atoms with van der Waals surface area (Å²) in [5.41, 5.74) is 0. The van der Waals surface area contributed by atoms with Gasteiger partial charge in [0.2, 0.25) is 0 Å². The van der Waals surface area contributed by atoms with Crippen LogP contribution in [-0.2, 0) is 0 Å². The zero-order valence-corrected chi connectivity index (χ0v) is 12.6. The highest BCUT2D eigenvalue weighted by atomic mass is 16.2. The maximum absolute atomic E-state index is 8.59. The Morgan fingerprint density at radius 2 is 0.824 bits per heavy atom. The first-order valence-electron chi connectivity index (χ1n) is 7.94. The largest absolute Gasteiger partial charge is 0.396 e. The lowest BCUT2D eigenvalue weighted by Crippen LogP contribution is -1.84. The van der Waals surface area contributed by atoms with Crippen LogP contribution in [0.15, 0.2) is 0 Å². The van der Waals surface area contributed by atoms with Crippen LogP contribution in [0.4, 0.5) is 0 Å². The summed E-state index contributed by atoms with van der Waals surface area (Å²) in [7, 11) is 0. The number of hydrogen-bond acceptors (Lipinski definition) is 1. The molecule has 0 spiro atoms. The maximum Gasteiger partial charge on any atom is 0.0431 e. The molecule has 0 rings (SSSR count). The van der Waals surface area contributed by atoms with Crippen molar-refractivity contribution in [2.24, 2.45) is 0 Å². The molecule has 0 aliphatic carbocycles. The molecule has 1 nitrogen and oxygen atoms in total. The van der Waals surface area contributed by atoms with Crippen molar-refractivity contribution in [1.29, 1.82) is 0 Å². The van der Waals surface area contributed by atoms with Gasteiger partial charge in [-0.2, -0.15) is 0 Å². The third-order valence-electron chi connectivity index (χ3n) is 2.76. The predicted molar refractivity (Wildman–Crippen MR) is 79.5 cm³/mol. The van der Waals surface area contributed by atoms with E-state index in [0.29, 0.717) is 6.61 Å². The average molecular weight is 244 g/mol. The molecule has 1 heteroatoms. The van der Waals surface area contributed by atoms with Crippen molar-refractivity contribution in [3.05, 3.63) is 0 Å². The van der Waals surface area contributed by atoms with E-state index in [1.165, 1.54) is 70.6 Å². The van der Waals surface area contributed by atoms with E-state index in [1.54, 1.807) is 0 Å². The molecule has 0 atom stereocenters. The number of unbranched alkanes of at least 4 members (excludes halogenated alkanes) is 10. The summed E-state index contributed by atoms with van der Waals surface area (Å²) in [4.78, 5) is 0. The van der Waals surface area contributed by atoms with Gasteiger partial charge in [0.15, 0.2) is 0 Å². The van der Waals surface area contributed by atoms with Crippen LogP contribution in [0.1, 0.15) is 97.8 Å². The molecule has 0 fully saturated rings. The van der Waals surface area contributed by atoms with E-state index in [9.17, 15) is 0 Å². The molecule has 0 heterocycles. The van der Waals surface area contributed by atoms with E-state index in [-0.39, 0.29) is 0 Å². The average Bonchev–Trinajstić information content (AvgIpc) is 2.33. The Hall–Kier alpha value is -0.0400. The first-order chi connectivity index (χ1) is 8.33. The lowest BCUT2D eigenvalue weighted by atomic mass is 10.1. The van der Waals surface area contributed by atoms with Crippen LogP contribution in [0.5, 0.6) is 0 Å². The van der Waals surface area contributed by atoms with Gasteiger partial charge in [-0.1, -0.05) is 91.4 Å². The third-order valence-corrected chi connectivity index (χ3v) is 2.76. The molecule has 0 saturated carbocycles. The van der Waals surface area contributed by atoms with Gasteiger partial charge in [0.25, 0.3) is 0 Å². The Morgan fingerprint density at radius 3 is 1.12 bits per heavy atom. The van der Waals surface area contributed by atoms with Crippen molar-refractivity contribution in [2.75, 3.05) is 6.61 Å². The normalized spacial score (nSPS) is 9.88. The Bertz CT molecular complexity index is 89.7. The highest BCUT2D eigenvalue weighted by molar-refractivity contribution is 4.47. The molecule has 0 bridgehead atoms. The molecule has 0 aliphatic heterocycles. The van der Waals surface area contributed by atoms with Crippen LogP contribution in [0.2, 0.25) is 0 Å². The minimum Gasteiger partial charge on any atom is -0.396 e. The molecule has 0 aromatic heterocycles. The second-order valence-corrected chi connectivity index (χ2v) is 4.97. The van der Waals surface area contributed by atoms with Crippen LogP contribution in [0.25, 0.3) is 0 Å². The van der Waals surface area contributed by atoms with Gasteiger partial charge < -0.3 is 5.11 Å². The molecule has 0 aromatic rings. The lowest BCUT2D eigenvalue weighted by Gasteiger charge is -2.01. The Balaban J connectivity index is 0. The lowest BCUT2D eigenvalue weighted by molar-refractivity contribution is 0.282. The van der Waals surface area contributed by atoms with Crippen molar-refractivity contribution in [3.8, 4) is 0 Å². The first kappa shape index (κ1) is 19.3. The van der Waals surface area contributed by atoms with Crippen LogP contribution >= 0.6 is 0 Å². The fourth-order valence-electron chi connectivity index (χ4n) is 1.78. The second kappa shape index (κ2) is 21.3. The second-order valence-electron chi connectivity index (χ2n) is 4.97. The highest BCUT2D eigenvalue weighted by Gasteiger charge is 1.91. The molecule has 106 valence electrons. The fraction of sp³-hybridized carbons (Fsp3) is 1.00. The van der Waals surface area contributed by atoms with E-state index in [0.717, 1.165) is 6.42 Å². The number of rotatable bonds is 11. The molecule has 17 heavy (non-hydrogen) atoms. The molecule has 0 saturated heterocycles. The quantitative estimate of drug-likeness (QED) is 0.462. The third kappa shape index (κ3) is 25.9. The van der Waals surface area contributed by atoms with Gasteiger partial charge in [0.05, 0.1) is 0 Å². The Morgan fingerprint density at radius 1 is 0.529 bits per heavy atom. The summed E-state index contributed by atoms with van der Waals surface area (Å²) in [5.74, 6) is 0. The van der Waals surface area contributed by atoms with Gasteiger partial charge in [-0.25, -0.2) is 0 Å².